The molecule has 2 radical (unpaired) electrons. The summed E-state index contributed by atoms with van der Waals surface area (Å²) in [5, 5.41) is 7.19. The summed E-state index contributed by atoms with van der Waals surface area (Å²) in [6, 6.07) is 0. The number of hydrogen-bond acceptors (Lipinski definition) is 5. The topological polar surface area (TPSA) is 50.3 Å². The van der Waals surface area contributed by atoms with Crippen LogP contribution < -0.4 is 0 Å². The van der Waals surface area contributed by atoms with Gasteiger partial charge in [-0.2, -0.15) is 0 Å². The van der Waals surface area contributed by atoms with E-state index in [1.54, 1.807) is 0 Å². The van der Waals surface area contributed by atoms with Crippen molar-refractivity contribution < 1.29 is 9.90 Å². The predicted molar refractivity (Wildman–Crippen MR) is 50.3 cm³/mol. The molecule has 4 aliphatic heterocycles. The van der Waals surface area contributed by atoms with Crippen molar-refractivity contribution in [3.8, 4) is 0 Å². The molecule has 4 rings (SSSR count). The van der Waals surface area contributed by atoms with Crippen molar-refractivity contribution in [3.05, 3.63) is 0 Å². The van der Waals surface area contributed by atoms with E-state index in [0.717, 1.165) is 0 Å². The first-order valence-corrected chi connectivity index (χ1v) is 4.51. The first-order chi connectivity index (χ1) is 6.63. The van der Waals surface area contributed by atoms with Crippen LogP contribution in [0.15, 0.2) is 0 Å². The second-order valence-corrected chi connectivity index (χ2v) is 3.87. The number of carboxylic acid groups (broad SMARTS) is 1. The van der Waals surface area contributed by atoms with Crippen molar-refractivity contribution >= 4 is 13.7 Å². The number of rotatable bonds is 0. The smallest absolute Gasteiger partial charge is 0.233 e. The second kappa shape index (κ2) is 3.86. The lowest BCUT2D eigenvalue weighted by atomic mass is 10.2. The minimum Gasteiger partial charge on any atom is -0.490 e. The normalized spacial score (nSPS) is 42.9. The van der Waals surface area contributed by atoms with Crippen LogP contribution in [-0.4, -0.2) is 78.4 Å². The van der Waals surface area contributed by atoms with E-state index in [1.807, 2.05) is 0 Å². The first kappa shape index (κ1) is 9.91. The van der Waals surface area contributed by atoms with Crippen LogP contribution in [0.5, 0.6) is 0 Å². The summed E-state index contributed by atoms with van der Waals surface area (Å²) in [6.07, 6.45) is 0. The van der Waals surface area contributed by atoms with Gasteiger partial charge < -0.3 is 5.11 Å². The van der Waals surface area contributed by atoms with E-state index in [4.69, 9.17) is 9.90 Å². The Morgan fingerprint density at radius 3 is 1.14 bits per heavy atom. The Bertz CT molecular complexity index is 177. The quantitative estimate of drug-likeness (QED) is 0.492. The lowest BCUT2D eigenvalue weighted by Gasteiger charge is -2.56. The fraction of sp³-hybridized carbons (Fsp3) is 0.857. The molecule has 0 aromatic rings. The van der Waals surface area contributed by atoms with Crippen LogP contribution in [0.3, 0.4) is 0 Å². The molecule has 7 heteroatoms. The van der Waals surface area contributed by atoms with Gasteiger partial charge in [0.25, 0.3) is 0 Å². The molecular formula is C7H13BN4O2. The van der Waals surface area contributed by atoms with Crippen LogP contribution in [0, 0.1) is 0 Å². The van der Waals surface area contributed by atoms with Crippen LogP contribution in [0.25, 0.3) is 0 Å². The van der Waals surface area contributed by atoms with E-state index < -0.39 is 5.87 Å². The number of carbonyl (C=O) groups is 1. The molecule has 4 saturated heterocycles. The minimum atomic E-state index is -1.33. The van der Waals surface area contributed by atoms with Crippen LogP contribution in [0.1, 0.15) is 0 Å². The second-order valence-electron chi connectivity index (χ2n) is 3.87. The lowest BCUT2D eigenvalue weighted by molar-refractivity contribution is -0.194. The van der Waals surface area contributed by atoms with Gasteiger partial charge in [-0.3, -0.25) is 24.4 Å². The minimum absolute atomic E-state index is 1.19. The zero-order valence-corrected chi connectivity index (χ0v) is 7.96. The summed E-state index contributed by atoms with van der Waals surface area (Å²) >= 11 is 0. The van der Waals surface area contributed by atoms with Gasteiger partial charge in [-0.25, -0.2) is 0 Å². The lowest BCUT2D eigenvalue weighted by Crippen LogP contribution is -2.71. The molecule has 0 atom stereocenters. The van der Waals surface area contributed by atoms with Crippen molar-refractivity contribution in [1.29, 1.82) is 0 Å². The van der Waals surface area contributed by atoms with Crippen LogP contribution >= 0.6 is 0 Å². The molecule has 0 saturated carbocycles. The highest BCUT2D eigenvalue weighted by Crippen LogP contribution is 2.20. The Labute approximate surface area is 84.1 Å². The number of nitrogens with zero attached hydrogens (tertiary/aromatic N) is 4. The standard InChI is InChI=1S/C6H12N4.CHBO2/c1-7-2-9-4-8(1)5-10(3-7)6-9;2-1(3)4/h1-6H2;(H,3,4). The third kappa shape index (κ3) is 2.24. The Balaban J connectivity index is 0.000000165. The van der Waals surface area contributed by atoms with Gasteiger partial charge in [-0.1, -0.05) is 0 Å². The van der Waals surface area contributed by atoms with Crippen molar-refractivity contribution in [1.82, 2.24) is 19.6 Å². The summed E-state index contributed by atoms with van der Waals surface area (Å²) < 4.78 is 0. The van der Waals surface area contributed by atoms with E-state index in [2.05, 4.69) is 27.4 Å². The molecule has 0 unspecified atom stereocenters. The predicted octanol–water partition coefficient (Wildman–Crippen LogP) is -1.19. The fourth-order valence-corrected chi connectivity index (χ4v) is 2.23. The average molecular weight is 196 g/mol. The zero-order chi connectivity index (χ0) is 10.1. The van der Waals surface area contributed by atoms with E-state index in [-0.39, 0.29) is 0 Å². The third-order valence-corrected chi connectivity index (χ3v) is 2.40. The zero-order valence-electron chi connectivity index (χ0n) is 7.96. The Hall–Kier alpha value is -0.625. The maximum Gasteiger partial charge on any atom is 0.233 e. The summed E-state index contributed by atoms with van der Waals surface area (Å²) in [5.74, 6) is -1.33. The SMILES string of the molecule is C1N2CN3CN1CN(C2)C3.[B]C(=O)O. The molecule has 6 nitrogen and oxygen atoms in total. The molecule has 0 amide bonds. The van der Waals surface area contributed by atoms with Gasteiger partial charge in [-0.05, 0) is 0 Å². The van der Waals surface area contributed by atoms with E-state index >= 15 is 0 Å². The molecule has 14 heavy (non-hydrogen) atoms. The van der Waals surface area contributed by atoms with Crippen LogP contribution in [0.4, 0.5) is 4.79 Å². The van der Waals surface area contributed by atoms with Gasteiger partial charge in [0.1, 0.15) is 0 Å². The molecule has 0 spiro atoms. The highest BCUT2D eigenvalue weighted by Gasteiger charge is 2.36. The summed E-state index contributed by atoms with van der Waals surface area (Å²) in [4.78, 5) is 18.7. The molecule has 4 aliphatic rings. The molecule has 4 fully saturated rings. The summed E-state index contributed by atoms with van der Waals surface area (Å²) in [6.45, 7) is 7.12. The van der Waals surface area contributed by atoms with Crippen molar-refractivity contribution in [2.24, 2.45) is 0 Å². The highest BCUT2D eigenvalue weighted by atomic mass is 16.4. The molecule has 0 aromatic carbocycles. The van der Waals surface area contributed by atoms with E-state index in [1.165, 1.54) is 40.0 Å². The Morgan fingerprint density at radius 2 is 1.00 bits per heavy atom. The maximum absolute atomic E-state index is 8.78. The third-order valence-electron chi connectivity index (χ3n) is 2.40. The maximum atomic E-state index is 8.78. The first-order valence-electron chi connectivity index (χ1n) is 4.51. The van der Waals surface area contributed by atoms with Gasteiger partial charge in [0, 0.05) is 0 Å². The monoisotopic (exact) mass is 196 g/mol. The Morgan fingerprint density at radius 1 is 0.857 bits per heavy atom. The van der Waals surface area contributed by atoms with E-state index in [0.29, 0.717) is 0 Å². The molecule has 0 aromatic heterocycles. The molecular weight excluding hydrogens is 183 g/mol. The average Bonchev–Trinajstić information content (AvgIpc) is 1.98. The molecule has 4 heterocycles. The van der Waals surface area contributed by atoms with Crippen LogP contribution in [-0.2, 0) is 0 Å². The molecule has 4 bridgehead atoms. The van der Waals surface area contributed by atoms with Crippen LogP contribution in [0.2, 0.25) is 0 Å². The highest BCUT2D eigenvalue weighted by molar-refractivity contribution is 6.54. The molecule has 1 N–H and O–H groups in total. The fourth-order valence-electron chi connectivity index (χ4n) is 2.23. The van der Waals surface area contributed by atoms with Crippen molar-refractivity contribution in [3.63, 3.8) is 0 Å². The Kier molecular flexibility index (Phi) is 2.73. The van der Waals surface area contributed by atoms with Gasteiger partial charge in [-0.15, -0.1) is 0 Å². The van der Waals surface area contributed by atoms with Crippen molar-refractivity contribution in [2.75, 3.05) is 40.0 Å². The number of hydrogen-bond donors (Lipinski definition) is 1. The van der Waals surface area contributed by atoms with E-state index in [9.17, 15) is 0 Å². The molecule has 76 valence electrons. The van der Waals surface area contributed by atoms with Gasteiger partial charge in [0.05, 0.1) is 40.0 Å². The van der Waals surface area contributed by atoms with Gasteiger partial charge in [0.15, 0.2) is 0 Å². The largest absolute Gasteiger partial charge is 0.490 e. The van der Waals surface area contributed by atoms with Gasteiger partial charge in [0.2, 0.25) is 13.7 Å². The van der Waals surface area contributed by atoms with Gasteiger partial charge >= 0.3 is 0 Å². The summed E-state index contributed by atoms with van der Waals surface area (Å²) in [7, 11) is 4.03. The van der Waals surface area contributed by atoms with Crippen molar-refractivity contribution in [2.45, 2.75) is 0 Å². The molecule has 0 aliphatic carbocycles. The summed E-state index contributed by atoms with van der Waals surface area (Å²) in [5.41, 5.74) is 0.